The summed E-state index contributed by atoms with van der Waals surface area (Å²) < 4.78 is 0. The number of nitrogens with zero attached hydrogens (tertiary/aromatic N) is 2. The normalized spacial score (nSPS) is 22.5. The van der Waals surface area contributed by atoms with Crippen molar-refractivity contribution in [1.82, 2.24) is 9.80 Å². The lowest BCUT2D eigenvalue weighted by atomic mass is 9.77. The summed E-state index contributed by atoms with van der Waals surface area (Å²) in [6.45, 7) is 23.8. The van der Waals surface area contributed by atoms with E-state index in [-0.39, 0.29) is 0 Å². The van der Waals surface area contributed by atoms with Crippen molar-refractivity contribution >= 4 is 0 Å². The third-order valence-corrected chi connectivity index (χ3v) is 6.80. The summed E-state index contributed by atoms with van der Waals surface area (Å²) in [4.78, 5) is 4.98. The molecule has 0 saturated carbocycles. The fourth-order valence-electron chi connectivity index (χ4n) is 5.14. The van der Waals surface area contributed by atoms with Gasteiger partial charge >= 0.3 is 0 Å². The van der Waals surface area contributed by atoms with Gasteiger partial charge in [0, 0.05) is 11.7 Å². The lowest BCUT2D eigenvalue weighted by Gasteiger charge is -2.43. The first-order chi connectivity index (χ1) is 14.1. The number of hydrogen-bond acceptors (Lipinski definition) is 2. The second kappa shape index (κ2) is 10.7. The topological polar surface area (TPSA) is 6.48 Å². The van der Waals surface area contributed by atoms with Crippen molar-refractivity contribution in [2.24, 2.45) is 29.6 Å². The van der Waals surface area contributed by atoms with E-state index in [1.54, 1.807) is 11.1 Å². The maximum atomic E-state index is 4.24. The van der Waals surface area contributed by atoms with E-state index < -0.39 is 0 Å². The van der Waals surface area contributed by atoms with Gasteiger partial charge in [-0.25, -0.2) is 0 Å². The number of rotatable bonds is 9. The van der Waals surface area contributed by atoms with E-state index in [9.17, 15) is 0 Å². The maximum absolute atomic E-state index is 4.24. The average Bonchev–Trinajstić information content (AvgIpc) is 2.70. The Morgan fingerprint density at radius 2 is 1.70 bits per heavy atom. The largest absolute Gasteiger partial charge is 0.335 e. The molecule has 168 valence electrons. The van der Waals surface area contributed by atoms with Crippen molar-refractivity contribution in [2.75, 3.05) is 13.7 Å². The molecule has 2 aliphatic carbocycles. The zero-order valence-corrected chi connectivity index (χ0v) is 21.1. The van der Waals surface area contributed by atoms with Gasteiger partial charge in [0.1, 0.15) is 0 Å². The summed E-state index contributed by atoms with van der Waals surface area (Å²) in [7, 11) is 2.29. The first-order valence-electron chi connectivity index (χ1n) is 12.0. The van der Waals surface area contributed by atoms with Crippen LogP contribution in [-0.2, 0) is 0 Å². The molecule has 0 bridgehead atoms. The van der Waals surface area contributed by atoms with Gasteiger partial charge in [-0.15, -0.1) is 0 Å². The first-order valence-corrected chi connectivity index (χ1v) is 12.0. The van der Waals surface area contributed by atoms with Crippen LogP contribution in [-0.4, -0.2) is 29.6 Å². The molecule has 2 aliphatic rings. The zero-order chi connectivity index (χ0) is 22.6. The molecule has 0 aromatic carbocycles. The molecule has 0 radical (unpaired) electrons. The van der Waals surface area contributed by atoms with Crippen molar-refractivity contribution in [2.45, 2.75) is 74.3 Å². The van der Waals surface area contributed by atoms with Crippen LogP contribution in [0.15, 0.2) is 59.5 Å². The second-order valence-electron chi connectivity index (χ2n) is 10.4. The van der Waals surface area contributed by atoms with Crippen LogP contribution in [0.3, 0.4) is 0 Å². The first kappa shape index (κ1) is 24.7. The van der Waals surface area contributed by atoms with Gasteiger partial charge < -0.3 is 4.90 Å². The van der Waals surface area contributed by atoms with Crippen LogP contribution in [0, 0.1) is 29.6 Å². The smallest absolute Gasteiger partial charge is 0.0753 e. The molecular weight excluding hydrogens is 364 g/mol. The summed E-state index contributed by atoms with van der Waals surface area (Å²) >= 11 is 0. The van der Waals surface area contributed by atoms with Crippen molar-refractivity contribution in [1.29, 1.82) is 0 Å². The summed E-state index contributed by atoms with van der Waals surface area (Å²) in [5.74, 6) is 2.78. The third kappa shape index (κ3) is 5.38. The van der Waals surface area contributed by atoms with Crippen LogP contribution >= 0.6 is 0 Å². The molecule has 2 nitrogen and oxygen atoms in total. The average molecular weight is 411 g/mol. The Morgan fingerprint density at radius 1 is 1.03 bits per heavy atom. The van der Waals surface area contributed by atoms with Gasteiger partial charge in [-0.3, -0.25) is 4.90 Å². The zero-order valence-electron chi connectivity index (χ0n) is 21.1. The monoisotopic (exact) mass is 410 g/mol. The predicted molar refractivity (Wildman–Crippen MR) is 133 cm³/mol. The molecule has 2 unspecified atom stereocenters. The predicted octanol–water partition coefficient (Wildman–Crippen LogP) is 7.40. The highest BCUT2D eigenvalue weighted by atomic mass is 15.3. The van der Waals surface area contributed by atoms with Crippen molar-refractivity contribution in [3.05, 3.63) is 59.5 Å². The van der Waals surface area contributed by atoms with Crippen LogP contribution < -0.4 is 0 Å². The van der Waals surface area contributed by atoms with E-state index in [1.165, 1.54) is 11.3 Å². The molecule has 0 aromatic rings. The van der Waals surface area contributed by atoms with E-state index in [1.807, 2.05) is 0 Å². The van der Waals surface area contributed by atoms with E-state index in [4.69, 9.17) is 0 Å². The lowest BCUT2D eigenvalue weighted by Crippen LogP contribution is -2.47. The molecule has 0 heterocycles. The molecule has 0 spiro atoms. The summed E-state index contributed by atoms with van der Waals surface area (Å²) in [5, 5.41) is 0. The fraction of sp³-hybridized carbons (Fsp3) is 0.643. The summed E-state index contributed by atoms with van der Waals surface area (Å²) in [6.07, 6.45) is 13.9. The van der Waals surface area contributed by atoms with Gasteiger partial charge in [-0.05, 0) is 72.4 Å². The van der Waals surface area contributed by atoms with Gasteiger partial charge in [0.05, 0.1) is 6.67 Å². The number of allylic oxidation sites excluding steroid dienone is 5. The number of hydrogen-bond donors (Lipinski definition) is 0. The lowest BCUT2D eigenvalue weighted by molar-refractivity contribution is 0.140. The van der Waals surface area contributed by atoms with Crippen LogP contribution in [0.25, 0.3) is 0 Å². The van der Waals surface area contributed by atoms with Crippen LogP contribution in [0.2, 0.25) is 0 Å². The van der Waals surface area contributed by atoms with E-state index in [0.29, 0.717) is 35.6 Å². The van der Waals surface area contributed by atoms with E-state index in [2.05, 4.69) is 109 Å². The second-order valence-corrected chi connectivity index (χ2v) is 10.4. The molecule has 0 aromatic heterocycles. The molecule has 0 amide bonds. The van der Waals surface area contributed by atoms with Crippen molar-refractivity contribution in [3.8, 4) is 0 Å². The molecule has 30 heavy (non-hydrogen) atoms. The third-order valence-electron chi connectivity index (χ3n) is 6.80. The Morgan fingerprint density at radius 3 is 2.20 bits per heavy atom. The summed E-state index contributed by atoms with van der Waals surface area (Å²) in [6, 6.07) is 0.427. The Hall–Kier alpha value is -1.54. The van der Waals surface area contributed by atoms with Gasteiger partial charge in [0.25, 0.3) is 0 Å². The van der Waals surface area contributed by atoms with E-state index >= 15 is 0 Å². The Kier molecular flexibility index (Phi) is 8.79. The van der Waals surface area contributed by atoms with Gasteiger partial charge in [-0.1, -0.05) is 86.3 Å². The quantitative estimate of drug-likeness (QED) is 0.365. The molecular formula is C28H46N2. The maximum Gasteiger partial charge on any atom is 0.0753 e. The minimum absolute atomic E-state index is 0.427. The number of likely N-dealkylation sites (N-methyl/N-ethyl adjacent to an activating group) is 1. The molecule has 2 rings (SSSR count). The van der Waals surface area contributed by atoms with Gasteiger partial charge in [-0.2, -0.15) is 0 Å². The highest BCUT2D eigenvalue weighted by Gasteiger charge is 2.33. The molecule has 0 saturated heterocycles. The Bertz CT molecular complexity index is 715. The Labute approximate surface area is 187 Å². The molecule has 2 atom stereocenters. The van der Waals surface area contributed by atoms with E-state index in [0.717, 1.165) is 19.5 Å². The SMILES string of the molecule is C=CN(CN(C)C1C(C(C)C)=CC=CC1C(C)C)C1=C(C(C)C)CCC=C1C(C)C. The molecule has 0 fully saturated rings. The van der Waals surface area contributed by atoms with Crippen molar-refractivity contribution < 1.29 is 0 Å². The Balaban J connectivity index is 2.41. The molecule has 2 heteroatoms. The highest BCUT2D eigenvalue weighted by molar-refractivity contribution is 5.40. The van der Waals surface area contributed by atoms with Crippen LogP contribution in [0.5, 0.6) is 0 Å². The molecule has 0 N–H and O–H groups in total. The van der Waals surface area contributed by atoms with Crippen molar-refractivity contribution in [3.63, 3.8) is 0 Å². The fourth-order valence-corrected chi connectivity index (χ4v) is 5.14. The van der Waals surface area contributed by atoms with Gasteiger partial charge in [0.2, 0.25) is 0 Å². The highest BCUT2D eigenvalue weighted by Crippen LogP contribution is 2.38. The summed E-state index contributed by atoms with van der Waals surface area (Å²) in [5.41, 5.74) is 6.04. The van der Waals surface area contributed by atoms with Crippen LogP contribution in [0.1, 0.15) is 68.2 Å². The van der Waals surface area contributed by atoms with Crippen LogP contribution in [0.4, 0.5) is 0 Å². The standard InChI is InChI=1S/C28H46N2/c1-11-30(28-25(21(6)7)16-13-17-26(28)22(8)9)18-29(10)27-23(19(2)3)14-12-15-24(27)20(4)5/h11-12,14-16,19-23,27H,1,13,17-18H2,2-10H3. The van der Waals surface area contributed by atoms with Gasteiger partial charge in [0.15, 0.2) is 0 Å². The molecule has 0 aliphatic heterocycles. The minimum atomic E-state index is 0.427. The minimum Gasteiger partial charge on any atom is -0.335 e.